The average molecular weight is 433 g/mol. The Morgan fingerprint density at radius 1 is 1.19 bits per heavy atom. The van der Waals surface area contributed by atoms with E-state index in [2.05, 4.69) is 39.0 Å². The number of hydrogen-bond donors (Lipinski definition) is 1. The SMILES string of the molecule is CC.CC(=O)OC1C(=O)CC2C3C(CC[C@]12C)[C@@]1(C)C=C[C@H](C)C=C1C[C@@H]3O.O=C=O. The summed E-state index contributed by atoms with van der Waals surface area (Å²) < 4.78 is 5.46. The number of aliphatic hydroxyl groups excluding tert-OH is 1. The normalized spacial score (nSPS) is 42.2. The molecule has 172 valence electrons. The highest BCUT2D eigenvalue weighted by atomic mass is 16.5. The van der Waals surface area contributed by atoms with E-state index in [1.807, 2.05) is 13.8 Å². The maximum absolute atomic E-state index is 12.7. The van der Waals surface area contributed by atoms with Gasteiger partial charge in [0.2, 0.25) is 0 Å². The number of hydrogen-bond acceptors (Lipinski definition) is 6. The minimum Gasteiger partial charge on any atom is -0.454 e. The maximum atomic E-state index is 12.7. The van der Waals surface area contributed by atoms with Crippen LogP contribution in [0.2, 0.25) is 0 Å². The van der Waals surface area contributed by atoms with Gasteiger partial charge in [-0.1, -0.05) is 58.4 Å². The number of aliphatic hydroxyl groups is 1. The number of Topliss-reactive ketones (excluding diaryl/α,β-unsaturated/α-hetero) is 1. The number of rotatable bonds is 1. The van der Waals surface area contributed by atoms with E-state index in [9.17, 15) is 14.7 Å². The first-order chi connectivity index (χ1) is 14.6. The molecule has 0 aromatic carbocycles. The molecule has 3 fully saturated rings. The van der Waals surface area contributed by atoms with E-state index < -0.39 is 18.2 Å². The van der Waals surface area contributed by atoms with E-state index in [0.29, 0.717) is 24.7 Å². The monoisotopic (exact) mass is 432 g/mol. The zero-order valence-electron chi connectivity index (χ0n) is 19.5. The Hall–Kier alpha value is -2.04. The molecule has 0 saturated heterocycles. The molecule has 4 aliphatic rings. The smallest absolute Gasteiger partial charge is 0.373 e. The highest BCUT2D eigenvalue weighted by molar-refractivity contribution is 5.89. The van der Waals surface area contributed by atoms with Crippen molar-refractivity contribution in [2.75, 3.05) is 0 Å². The molecule has 4 rings (SSSR count). The van der Waals surface area contributed by atoms with Crippen molar-refractivity contribution in [3.05, 3.63) is 23.8 Å². The predicted octanol–water partition coefficient (Wildman–Crippen LogP) is 3.89. The molecule has 0 aliphatic heterocycles. The minimum atomic E-state index is -0.648. The first-order valence-electron chi connectivity index (χ1n) is 11.4. The van der Waals surface area contributed by atoms with Gasteiger partial charge in [0, 0.05) is 24.2 Å². The summed E-state index contributed by atoms with van der Waals surface area (Å²) in [5.41, 5.74) is 0.972. The second-order valence-corrected chi connectivity index (χ2v) is 9.54. The lowest BCUT2D eigenvalue weighted by molar-refractivity contribution is -0.191. The fourth-order valence-corrected chi connectivity index (χ4v) is 6.58. The first kappa shape index (κ1) is 25.2. The topological polar surface area (TPSA) is 97.7 Å². The third-order valence-corrected chi connectivity index (χ3v) is 7.91. The number of carbonyl (C=O) groups excluding carboxylic acids is 4. The molecule has 3 saturated carbocycles. The largest absolute Gasteiger partial charge is 0.454 e. The van der Waals surface area contributed by atoms with Crippen molar-refractivity contribution in [1.82, 2.24) is 0 Å². The van der Waals surface area contributed by atoms with Crippen molar-refractivity contribution in [2.45, 2.75) is 79.4 Å². The highest BCUT2D eigenvalue weighted by Crippen LogP contribution is 2.64. The minimum absolute atomic E-state index is 0.0275. The molecule has 6 heteroatoms. The molecule has 1 N–H and O–H groups in total. The number of carbonyl (C=O) groups is 2. The van der Waals surface area contributed by atoms with Crippen molar-refractivity contribution >= 4 is 17.9 Å². The zero-order chi connectivity index (χ0) is 23.6. The van der Waals surface area contributed by atoms with Crippen LogP contribution in [0.25, 0.3) is 0 Å². The molecule has 0 spiro atoms. The molecule has 0 heterocycles. The van der Waals surface area contributed by atoms with Gasteiger partial charge in [0.25, 0.3) is 0 Å². The van der Waals surface area contributed by atoms with E-state index in [1.54, 1.807) is 0 Å². The van der Waals surface area contributed by atoms with E-state index in [0.717, 1.165) is 12.8 Å². The zero-order valence-corrected chi connectivity index (χ0v) is 19.5. The summed E-state index contributed by atoms with van der Waals surface area (Å²) in [5, 5.41) is 11.1. The number of allylic oxidation sites excluding steroid dienone is 3. The first-order valence-corrected chi connectivity index (χ1v) is 11.4. The molecule has 0 amide bonds. The Morgan fingerprint density at radius 2 is 1.81 bits per heavy atom. The van der Waals surface area contributed by atoms with Crippen LogP contribution in [-0.4, -0.2) is 35.2 Å². The van der Waals surface area contributed by atoms with Gasteiger partial charge >= 0.3 is 12.1 Å². The van der Waals surface area contributed by atoms with Crippen molar-refractivity contribution in [1.29, 1.82) is 0 Å². The summed E-state index contributed by atoms with van der Waals surface area (Å²) in [6, 6.07) is 0. The van der Waals surface area contributed by atoms with E-state index >= 15 is 0 Å². The summed E-state index contributed by atoms with van der Waals surface area (Å²) >= 11 is 0. The molecule has 31 heavy (non-hydrogen) atoms. The van der Waals surface area contributed by atoms with Crippen LogP contribution in [0.3, 0.4) is 0 Å². The molecule has 4 unspecified atom stereocenters. The van der Waals surface area contributed by atoms with Gasteiger partial charge in [0.05, 0.1) is 6.10 Å². The quantitative estimate of drug-likeness (QED) is 0.499. The molecular formula is C25H36O6. The summed E-state index contributed by atoms with van der Waals surface area (Å²) in [7, 11) is 0. The molecule has 6 nitrogen and oxygen atoms in total. The van der Waals surface area contributed by atoms with Crippen LogP contribution in [0, 0.1) is 34.5 Å². The van der Waals surface area contributed by atoms with Gasteiger partial charge in [0.1, 0.15) is 0 Å². The van der Waals surface area contributed by atoms with Gasteiger partial charge in [-0.25, -0.2) is 0 Å². The Labute approximate surface area is 185 Å². The number of esters is 1. The van der Waals surface area contributed by atoms with Crippen molar-refractivity contribution < 1.29 is 29.0 Å². The van der Waals surface area contributed by atoms with Crippen LogP contribution in [0.4, 0.5) is 0 Å². The van der Waals surface area contributed by atoms with Gasteiger partial charge in [-0.15, -0.1) is 0 Å². The summed E-state index contributed by atoms with van der Waals surface area (Å²) in [5.74, 6) is 0.552. The van der Waals surface area contributed by atoms with Crippen molar-refractivity contribution in [3.63, 3.8) is 0 Å². The molecule has 0 aromatic heterocycles. The molecule has 0 bridgehead atoms. The number of fused-ring (bicyclic) bond motifs is 5. The van der Waals surface area contributed by atoms with Gasteiger partial charge in [-0.2, -0.15) is 9.59 Å². The van der Waals surface area contributed by atoms with Crippen LogP contribution in [0.15, 0.2) is 23.8 Å². The third-order valence-electron chi connectivity index (χ3n) is 7.91. The third kappa shape index (κ3) is 4.33. The van der Waals surface area contributed by atoms with Crippen LogP contribution >= 0.6 is 0 Å². The Balaban J connectivity index is 0.000000630. The van der Waals surface area contributed by atoms with Gasteiger partial charge in [-0.3, -0.25) is 9.59 Å². The Kier molecular flexibility index (Phi) is 7.83. The van der Waals surface area contributed by atoms with Crippen molar-refractivity contribution in [3.8, 4) is 0 Å². The van der Waals surface area contributed by atoms with Crippen LogP contribution in [0.5, 0.6) is 0 Å². The maximum Gasteiger partial charge on any atom is 0.373 e. The average Bonchev–Trinajstić information content (AvgIpc) is 2.96. The van der Waals surface area contributed by atoms with Gasteiger partial charge in [-0.05, 0) is 42.9 Å². The Morgan fingerprint density at radius 3 is 2.39 bits per heavy atom. The van der Waals surface area contributed by atoms with Gasteiger partial charge in [0.15, 0.2) is 11.9 Å². The standard InChI is InChI=1S/C22H30O4.C2H6.CO2/c1-12-5-7-21(3)14(9-12)10-17(24)19-15(21)6-8-22(4)16(19)11-18(25)20(22)26-13(2)23;1-2;2-1-3/h5,7,9,12,15-17,19-20,24H,6,8,10-11H2,1-4H3;1-2H3;/t12-,15?,16?,17-,19?,20?,21-,22-;;/m0../s1. The summed E-state index contributed by atoms with van der Waals surface area (Å²) in [6.45, 7) is 11.9. The lowest BCUT2D eigenvalue weighted by Crippen LogP contribution is -2.55. The van der Waals surface area contributed by atoms with E-state index in [4.69, 9.17) is 14.3 Å². The van der Waals surface area contributed by atoms with Crippen LogP contribution < -0.4 is 0 Å². The fraction of sp³-hybridized carbons (Fsp3) is 0.720. The highest BCUT2D eigenvalue weighted by Gasteiger charge is 2.64. The Bertz CT molecular complexity index is 792. The number of ether oxygens (including phenoxy) is 1. The molecule has 0 aromatic rings. The second-order valence-electron chi connectivity index (χ2n) is 9.54. The predicted molar refractivity (Wildman–Crippen MR) is 114 cm³/mol. The van der Waals surface area contributed by atoms with Crippen LogP contribution in [0.1, 0.15) is 67.2 Å². The fourth-order valence-electron chi connectivity index (χ4n) is 6.58. The lowest BCUT2D eigenvalue weighted by Gasteiger charge is -2.58. The van der Waals surface area contributed by atoms with Crippen LogP contribution in [-0.2, 0) is 23.9 Å². The number of ketones is 1. The molecule has 8 atom stereocenters. The van der Waals surface area contributed by atoms with E-state index in [1.165, 1.54) is 12.5 Å². The van der Waals surface area contributed by atoms with Gasteiger partial charge < -0.3 is 9.84 Å². The molecular weight excluding hydrogens is 396 g/mol. The molecule has 0 radical (unpaired) electrons. The second kappa shape index (κ2) is 9.62. The summed E-state index contributed by atoms with van der Waals surface area (Å²) in [6.07, 6.45) is 9.03. The molecule has 4 aliphatic carbocycles. The summed E-state index contributed by atoms with van der Waals surface area (Å²) in [4.78, 5) is 40.5. The van der Waals surface area contributed by atoms with Crippen molar-refractivity contribution in [2.24, 2.45) is 34.5 Å². The van der Waals surface area contributed by atoms with E-state index in [-0.39, 0.29) is 34.6 Å². The lowest BCUT2D eigenvalue weighted by atomic mass is 9.47.